The Morgan fingerprint density at radius 3 is 2.67 bits per heavy atom. The van der Waals surface area contributed by atoms with Gasteiger partial charge in [0.1, 0.15) is 11.6 Å². The highest BCUT2D eigenvalue weighted by molar-refractivity contribution is 9.10. The molecule has 0 aromatic heterocycles. The van der Waals surface area contributed by atoms with Crippen molar-refractivity contribution < 1.29 is 9.13 Å². The largest absolute Gasteiger partial charge is 0.495 e. The fourth-order valence-electron chi connectivity index (χ4n) is 1.83. The van der Waals surface area contributed by atoms with E-state index in [0.717, 1.165) is 12.8 Å². The molecule has 0 unspecified atom stereocenters. The summed E-state index contributed by atoms with van der Waals surface area (Å²) in [6.07, 6.45) is 1.94. The van der Waals surface area contributed by atoms with E-state index in [1.54, 1.807) is 12.1 Å². The predicted octanol–water partition coefficient (Wildman–Crippen LogP) is 2.59. The van der Waals surface area contributed by atoms with Crippen LogP contribution in [-0.2, 0) is 5.41 Å². The Kier molecular flexibility index (Phi) is 2.73. The number of ether oxygens (including phenoxy) is 1. The van der Waals surface area contributed by atoms with Crippen LogP contribution < -0.4 is 10.5 Å². The van der Waals surface area contributed by atoms with Crippen LogP contribution in [0.3, 0.4) is 0 Å². The first-order chi connectivity index (χ1) is 7.14. The van der Waals surface area contributed by atoms with Crippen LogP contribution in [0.2, 0.25) is 0 Å². The molecule has 15 heavy (non-hydrogen) atoms. The molecule has 82 valence electrons. The van der Waals surface area contributed by atoms with Crippen LogP contribution in [0.1, 0.15) is 18.4 Å². The summed E-state index contributed by atoms with van der Waals surface area (Å²) in [7, 11) is 1.52. The van der Waals surface area contributed by atoms with E-state index in [4.69, 9.17) is 10.5 Å². The molecule has 1 aliphatic carbocycles. The fourth-order valence-corrected chi connectivity index (χ4v) is 2.34. The van der Waals surface area contributed by atoms with Crippen molar-refractivity contribution in [1.29, 1.82) is 0 Å². The van der Waals surface area contributed by atoms with Crippen LogP contribution in [0, 0.1) is 5.82 Å². The molecule has 0 atom stereocenters. The maximum Gasteiger partial charge on any atom is 0.144 e. The molecule has 2 N–H and O–H groups in total. The lowest BCUT2D eigenvalue weighted by atomic mass is 9.95. The van der Waals surface area contributed by atoms with Crippen LogP contribution >= 0.6 is 15.9 Å². The molecule has 0 radical (unpaired) electrons. The minimum atomic E-state index is -0.239. The van der Waals surface area contributed by atoms with Crippen molar-refractivity contribution >= 4 is 15.9 Å². The molecule has 1 fully saturated rings. The van der Waals surface area contributed by atoms with Gasteiger partial charge in [-0.1, -0.05) is 6.07 Å². The maximum absolute atomic E-state index is 14.0. The number of hydrogen-bond acceptors (Lipinski definition) is 2. The van der Waals surface area contributed by atoms with Gasteiger partial charge >= 0.3 is 0 Å². The average molecular weight is 274 g/mol. The number of rotatable bonds is 3. The Bertz CT molecular complexity index is 390. The van der Waals surface area contributed by atoms with Gasteiger partial charge in [0, 0.05) is 12.0 Å². The molecule has 4 heteroatoms. The highest BCUT2D eigenvalue weighted by Crippen LogP contribution is 2.49. The second-order valence-electron chi connectivity index (χ2n) is 3.93. The molecule has 0 aliphatic heterocycles. The summed E-state index contributed by atoms with van der Waals surface area (Å²) in [6, 6.07) is 3.55. The molecule has 1 aliphatic rings. The molecule has 1 saturated carbocycles. The van der Waals surface area contributed by atoms with Crippen molar-refractivity contribution in [2.24, 2.45) is 5.73 Å². The molecule has 0 heterocycles. The van der Waals surface area contributed by atoms with E-state index < -0.39 is 0 Å². The molecule has 1 aromatic rings. The Morgan fingerprint density at radius 1 is 1.53 bits per heavy atom. The van der Waals surface area contributed by atoms with Gasteiger partial charge < -0.3 is 10.5 Å². The van der Waals surface area contributed by atoms with Crippen molar-refractivity contribution in [3.05, 3.63) is 28.0 Å². The van der Waals surface area contributed by atoms with Gasteiger partial charge in [0.25, 0.3) is 0 Å². The van der Waals surface area contributed by atoms with Gasteiger partial charge in [-0.15, -0.1) is 0 Å². The summed E-state index contributed by atoms with van der Waals surface area (Å²) in [5.41, 5.74) is 6.26. The Hall–Kier alpha value is -0.610. The number of halogens is 2. The van der Waals surface area contributed by atoms with Gasteiger partial charge in [0.15, 0.2) is 0 Å². The minimum Gasteiger partial charge on any atom is -0.495 e. The Balaban J connectivity index is 2.47. The first-order valence-corrected chi connectivity index (χ1v) is 5.66. The lowest BCUT2D eigenvalue weighted by Crippen LogP contribution is -2.21. The third-order valence-corrected chi connectivity index (χ3v) is 3.82. The zero-order valence-corrected chi connectivity index (χ0v) is 10.1. The van der Waals surface area contributed by atoms with Gasteiger partial charge in [-0.2, -0.15) is 0 Å². The standard InChI is InChI=1S/C11H13BrFNO/c1-15-8-3-2-7(10(13)9(8)12)11(6-14)4-5-11/h2-3H,4-6,14H2,1H3. The van der Waals surface area contributed by atoms with Crippen molar-refractivity contribution in [2.45, 2.75) is 18.3 Å². The summed E-state index contributed by atoms with van der Waals surface area (Å²) in [5, 5.41) is 0. The van der Waals surface area contributed by atoms with Gasteiger partial charge in [0.05, 0.1) is 11.6 Å². The van der Waals surface area contributed by atoms with E-state index in [-0.39, 0.29) is 11.2 Å². The van der Waals surface area contributed by atoms with Crippen molar-refractivity contribution in [1.82, 2.24) is 0 Å². The topological polar surface area (TPSA) is 35.2 Å². The van der Waals surface area contributed by atoms with Crippen molar-refractivity contribution in [3.63, 3.8) is 0 Å². The third kappa shape index (κ3) is 1.66. The number of benzene rings is 1. The zero-order valence-electron chi connectivity index (χ0n) is 8.52. The summed E-state index contributed by atoms with van der Waals surface area (Å²) >= 11 is 3.20. The third-order valence-electron chi connectivity index (χ3n) is 3.08. The SMILES string of the molecule is COc1ccc(C2(CN)CC2)c(F)c1Br. The second-order valence-corrected chi connectivity index (χ2v) is 4.72. The highest BCUT2D eigenvalue weighted by Gasteiger charge is 2.45. The van der Waals surface area contributed by atoms with E-state index in [2.05, 4.69) is 15.9 Å². The van der Waals surface area contributed by atoms with Crippen LogP contribution in [-0.4, -0.2) is 13.7 Å². The van der Waals surface area contributed by atoms with Crippen LogP contribution in [0.15, 0.2) is 16.6 Å². The Morgan fingerprint density at radius 2 is 2.20 bits per heavy atom. The lowest BCUT2D eigenvalue weighted by Gasteiger charge is -2.16. The van der Waals surface area contributed by atoms with Crippen LogP contribution in [0.4, 0.5) is 4.39 Å². The molecule has 0 bridgehead atoms. The lowest BCUT2D eigenvalue weighted by molar-refractivity contribution is 0.406. The van der Waals surface area contributed by atoms with E-state index >= 15 is 0 Å². The molecule has 0 amide bonds. The fraction of sp³-hybridized carbons (Fsp3) is 0.455. The molecule has 1 aromatic carbocycles. The van der Waals surface area contributed by atoms with Crippen molar-refractivity contribution in [3.8, 4) is 5.75 Å². The van der Waals surface area contributed by atoms with Gasteiger partial charge in [0.2, 0.25) is 0 Å². The summed E-state index contributed by atoms with van der Waals surface area (Å²) in [6.45, 7) is 0.503. The predicted molar refractivity (Wildman–Crippen MR) is 60.6 cm³/mol. The normalized spacial score (nSPS) is 17.6. The Labute approximate surface area is 96.7 Å². The molecule has 2 rings (SSSR count). The first kappa shape index (κ1) is 10.9. The van der Waals surface area contributed by atoms with E-state index in [1.165, 1.54) is 7.11 Å². The van der Waals surface area contributed by atoms with Crippen LogP contribution in [0.25, 0.3) is 0 Å². The molecular formula is C11H13BrFNO. The first-order valence-electron chi connectivity index (χ1n) is 4.87. The molecule has 2 nitrogen and oxygen atoms in total. The zero-order chi connectivity index (χ0) is 11.1. The van der Waals surface area contributed by atoms with E-state index in [0.29, 0.717) is 22.3 Å². The monoisotopic (exact) mass is 273 g/mol. The smallest absolute Gasteiger partial charge is 0.144 e. The highest BCUT2D eigenvalue weighted by atomic mass is 79.9. The summed E-state index contributed by atoms with van der Waals surface area (Å²) < 4.78 is 19.4. The van der Waals surface area contributed by atoms with Gasteiger partial charge in [-0.05, 0) is 40.4 Å². The van der Waals surface area contributed by atoms with Gasteiger partial charge in [-0.25, -0.2) is 4.39 Å². The minimum absolute atomic E-state index is 0.126. The number of nitrogens with two attached hydrogens (primary N) is 1. The summed E-state index contributed by atoms with van der Waals surface area (Å²) in [4.78, 5) is 0. The summed E-state index contributed by atoms with van der Waals surface area (Å²) in [5.74, 6) is 0.279. The molecule has 0 saturated heterocycles. The second kappa shape index (κ2) is 3.76. The number of hydrogen-bond donors (Lipinski definition) is 1. The average Bonchev–Trinajstić information content (AvgIpc) is 3.03. The van der Waals surface area contributed by atoms with Gasteiger partial charge in [-0.3, -0.25) is 0 Å². The van der Waals surface area contributed by atoms with E-state index in [1.807, 2.05) is 0 Å². The quantitative estimate of drug-likeness (QED) is 0.919. The molecular weight excluding hydrogens is 261 g/mol. The van der Waals surface area contributed by atoms with E-state index in [9.17, 15) is 4.39 Å². The number of methoxy groups -OCH3 is 1. The van der Waals surface area contributed by atoms with Crippen LogP contribution in [0.5, 0.6) is 5.75 Å². The maximum atomic E-state index is 14.0. The van der Waals surface area contributed by atoms with Crippen molar-refractivity contribution in [2.75, 3.05) is 13.7 Å². The molecule has 0 spiro atoms.